The van der Waals surface area contributed by atoms with Crippen LogP contribution in [0, 0.1) is 11.6 Å². The van der Waals surface area contributed by atoms with E-state index in [1.54, 1.807) is 20.1 Å². The molecule has 3 N–H and O–H groups in total. The van der Waals surface area contributed by atoms with E-state index in [-0.39, 0.29) is 21.4 Å². The lowest BCUT2D eigenvalue weighted by molar-refractivity contribution is -0.105. The first-order valence-corrected chi connectivity index (χ1v) is 11.9. The molecule has 0 unspecified atom stereocenters. The molecule has 178 valence electrons. The standard InChI is InChI=1S/C22H25F2N3O4S2/c1-5-15(21(32-4)31-11-7-10-22(2,3)30)26-18(29)17-20(25-12-28)33-19(27-17)16-13(23)8-6-9-14(16)24/h5-6,8-9,12,30H,1,7,10-11H2,2-4H3,(H,25,28)(H,26,29)/b21-15+. The predicted octanol–water partition coefficient (Wildman–Crippen LogP) is 4.67. The van der Waals surface area contributed by atoms with Crippen molar-refractivity contribution < 1.29 is 28.2 Å². The average molecular weight is 498 g/mol. The number of anilines is 1. The monoisotopic (exact) mass is 497 g/mol. The Hall–Kier alpha value is -2.76. The van der Waals surface area contributed by atoms with Crippen LogP contribution in [0.1, 0.15) is 37.2 Å². The highest BCUT2D eigenvalue weighted by atomic mass is 32.2. The quantitative estimate of drug-likeness (QED) is 0.171. The minimum absolute atomic E-state index is 0.0281. The fourth-order valence-electron chi connectivity index (χ4n) is 2.72. The Morgan fingerprint density at radius 1 is 1.36 bits per heavy atom. The zero-order chi connectivity index (χ0) is 24.6. The van der Waals surface area contributed by atoms with Crippen LogP contribution in [-0.2, 0) is 9.53 Å². The zero-order valence-electron chi connectivity index (χ0n) is 18.4. The Labute approximate surface area is 198 Å². The van der Waals surface area contributed by atoms with Gasteiger partial charge in [-0.2, -0.15) is 0 Å². The molecular weight excluding hydrogens is 472 g/mol. The average Bonchev–Trinajstić information content (AvgIpc) is 3.15. The van der Waals surface area contributed by atoms with Gasteiger partial charge in [0.15, 0.2) is 10.8 Å². The minimum atomic E-state index is -0.843. The summed E-state index contributed by atoms with van der Waals surface area (Å²) >= 11 is 2.00. The third-order valence-electron chi connectivity index (χ3n) is 4.23. The number of hydrogen-bond acceptors (Lipinski definition) is 7. The third kappa shape index (κ3) is 7.37. The second-order valence-electron chi connectivity index (χ2n) is 7.38. The van der Waals surface area contributed by atoms with E-state index in [0.717, 1.165) is 23.5 Å². The highest BCUT2D eigenvalue weighted by Crippen LogP contribution is 2.35. The van der Waals surface area contributed by atoms with Crippen molar-refractivity contribution in [2.75, 3.05) is 18.2 Å². The molecule has 0 saturated carbocycles. The number of nitrogens with one attached hydrogen (secondary N) is 2. The number of aliphatic hydroxyl groups is 1. The minimum Gasteiger partial charge on any atom is -0.485 e. The van der Waals surface area contributed by atoms with E-state index in [2.05, 4.69) is 22.2 Å². The lowest BCUT2D eigenvalue weighted by Gasteiger charge is -2.18. The van der Waals surface area contributed by atoms with Crippen molar-refractivity contribution in [1.82, 2.24) is 10.3 Å². The van der Waals surface area contributed by atoms with Gasteiger partial charge in [-0.1, -0.05) is 35.7 Å². The SMILES string of the molecule is C=C/C(NC(=O)c1nc(-c2c(F)cccc2F)sc1NC=O)=C(/OCCCC(C)(C)O)SC. The van der Waals surface area contributed by atoms with Gasteiger partial charge in [-0.25, -0.2) is 13.8 Å². The molecule has 0 aliphatic heterocycles. The smallest absolute Gasteiger partial charge is 0.277 e. The molecule has 1 aromatic heterocycles. The van der Waals surface area contributed by atoms with Gasteiger partial charge in [0.05, 0.1) is 23.5 Å². The Bertz CT molecular complexity index is 1030. The van der Waals surface area contributed by atoms with E-state index in [1.165, 1.54) is 23.9 Å². The molecule has 1 heterocycles. The molecule has 2 amide bonds. The Morgan fingerprint density at radius 2 is 2.03 bits per heavy atom. The van der Waals surface area contributed by atoms with E-state index < -0.39 is 28.7 Å². The molecule has 0 aliphatic rings. The molecule has 0 radical (unpaired) electrons. The van der Waals surface area contributed by atoms with Crippen LogP contribution >= 0.6 is 23.1 Å². The van der Waals surface area contributed by atoms with E-state index >= 15 is 0 Å². The van der Waals surface area contributed by atoms with Gasteiger partial charge in [-0.15, -0.1) is 0 Å². The van der Waals surface area contributed by atoms with E-state index in [0.29, 0.717) is 30.9 Å². The number of aromatic nitrogens is 1. The first kappa shape index (κ1) is 26.5. The van der Waals surface area contributed by atoms with Crippen molar-refractivity contribution in [1.29, 1.82) is 0 Å². The van der Waals surface area contributed by atoms with Crippen molar-refractivity contribution in [3.05, 3.63) is 59.0 Å². The van der Waals surface area contributed by atoms with E-state index in [1.807, 2.05) is 0 Å². The number of benzene rings is 1. The van der Waals surface area contributed by atoms with Gasteiger partial charge in [0.2, 0.25) is 6.41 Å². The summed E-state index contributed by atoms with van der Waals surface area (Å²) in [7, 11) is 0. The molecule has 11 heteroatoms. The van der Waals surface area contributed by atoms with Crippen LogP contribution in [0.5, 0.6) is 0 Å². The van der Waals surface area contributed by atoms with Crippen LogP contribution in [0.2, 0.25) is 0 Å². The molecule has 0 atom stereocenters. The number of halogens is 2. The van der Waals surface area contributed by atoms with Gasteiger partial charge in [-0.05, 0) is 51.2 Å². The van der Waals surface area contributed by atoms with E-state index in [9.17, 15) is 23.5 Å². The Balaban J connectivity index is 2.29. The molecule has 0 bridgehead atoms. The number of carbonyl (C=O) groups is 2. The summed E-state index contributed by atoms with van der Waals surface area (Å²) in [6, 6.07) is 3.36. The lowest BCUT2D eigenvalue weighted by atomic mass is 10.0. The summed E-state index contributed by atoms with van der Waals surface area (Å²) in [5.74, 6) is -2.41. The summed E-state index contributed by atoms with van der Waals surface area (Å²) in [5.41, 5.74) is -1.16. The second-order valence-corrected chi connectivity index (χ2v) is 9.16. The molecule has 0 spiro atoms. The molecule has 33 heavy (non-hydrogen) atoms. The fraction of sp³-hybridized carbons (Fsp3) is 0.318. The number of thiazole rings is 1. The zero-order valence-corrected chi connectivity index (χ0v) is 20.0. The second kappa shape index (κ2) is 11.9. The molecular formula is C22H25F2N3O4S2. The number of thioether (sulfide) groups is 1. The number of allylic oxidation sites excluding steroid dienone is 1. The van der Waals surface area contributed by atoms with Gasteiger partial charge in [0, 0.05) is 0 Å². The summed E-state index contributed by atoms with van der Waals surface area (Å²) in [6.45, 7) is 7.39. The third-order valence-corrected chi connectivity index (χ3v) is 5.95. The van der Waals surface area contributed by atoms with Crippen molar-refractivity contribution in [3.8, 4) is 10.6 Å². The topological polar surface area (TPSA) is 101 Å². The maximum absolute atomic E-state index is 14.2. The largest absolute Gasteiger partial charge is 0.485 e. The van der Waals surface area contributed by atoms with Crippen LogP contribution in [0.15, 0.2) is 41.6 Å². The molecule has 0 aliphatic carbocycles. The maximum atomic E-state index is 14.2. The Morgan fingerprint density at radius 3 is 2.58 bits per heavy atom. The van der Waals surface area contributed by atoms with Gasteiger partial charge in [0.25, 0.3) is 5.91 Å². The first-order chi connectivity index (χ1) is 15.6. The van der Waals surface area contributed by atoms with Crippen molar-refractivity contribution in [3.63, 3.8) is 0 Å². The van der Waals surface area contributed by atoms with Crippen molar-refractivity contribution in [2.45, 2.75) is 32.3 Å². The van der Waals surface area contributed by atoms with Crippen molar-refractivity contribution in [2.24, 2.45) is 0 Å². The lowest BCUT2D eigenvalue weighted by Crippen LogP contribution is -2.24. The van der Waals surface area contributed by atoms with Gasteiger partial charge < -0.3 is 20.5 Å². The number of rotatable bonds is 12. The maximum Gasteiger partial charge on any atom is 0.277 e. The van der Waals surface area contributed by atoms with Crippen LogP contribution in [-0.4, -0.2) is 40.9 Å². The molecule has 7 nitrogen and oxygen atoms in total. The van der Waals surface area contributed by atoms with Gasteiger partial charge >= 0.3 is 0 Å². The van der Waals surface area contributed by atoms with E-state index in [4.69, 9.17) is 4.74 Å². The highest BCUT2D eigenvalue weighted by Gasteiger charge is 2.23. The Kier molecular flexibility index (Phi) is 9.56. The van der Waals surface area contributed by atoms with Gasteiger partial charge in [0.1, 0.15) is 21.6 Å². The summed E-state index contributed by atoms with van der Waals surface area (Å²) < 4.78 is 34.1. The number of ether oxygens (including phenoxy) is 1. The van der Waals surface area contributed by atoms with Crippen LogP contribution in [0.3, 0.4) is 0 Å². The van der Waals surface area contributed by atoms with Crippen LogP contribution in [0.25, 0.3) is 10.6 Å². The summed E-state index contributed by atoms with van der Waals surface area (Å²) in [6.07, 6.45) is 4.59. The number of carbonyl (C=O) groups excluding carboxylic acids is 2. The normalized spacial score (nSPS) is 12.1. The van der Waals surface area contributed by atoms with Crippen LogP contribution < -0.4 is 10.6 Å². The number of hydrogen-bond donors (Lipinski definition) is 3. The first-order valence-electron chi connectivity index (χ1n) is 9.84. The summed E-state index contributed by atoms with van der Waals surface area (Å²) in [4.78, 5) is 28.0. The highest BCUT2D eigenvalue weighted by molar-refractivity contribution is 8.02. The number of nitrogens with zero attached hydrogens (tertiary/aromatic N) is 1. The molecule has 2 aromatic rings. The molecule has 2 rings (SSSR count). The van der Waals surface area contributed by atoms with Crippen LogP contribution in [0.4, 0.5) is 13.8 Å². The fourth-order valence-corrected chi connectivity index (χ4v) is 4.24. The van der Waals surface area contributed by atoms with Crippen molar-refractivity contribution >= 4 is 40.4 Å². The predicted molar refractivity (Wildman–Crippen MR) is 127 cm³/mol. The molecule has 0 fully saturated rings. The number of amides is 2. The molecule has 1 aromatic carbocycles. The van der Waals surface area contributed by atoms with Gasteiger partial charge in [-0.3, -0.25) is 9.59 Å². The summed E-state index contributed by atoms with van der Waals surface area (Å²) in [5, 5.41) is 15.1. The molecule has 0 saturated heterocycles.